The van der Waals surface area contributed by atoms with E-state index in [1.807, 2.05) is 36.4 Å². The molecule has 5 aromatic rings. The summed E-state index contributed by atoms with van der Waals surface area (Å²) in [6.45, 7) is 0. The van der Waals surface area contributed by atoms with Crippen molar-refractivity contribution in [2.75, 3.05) is 0 Å². The van der Waals surface area contributed by atoms with Gasteiger partial charge in [-0.3, -0.25) is 0 Å². The number of aromatic nitrogens is 3. The summed E-state index contributed by atoms with van der Waals surface area (Å²) in [6, 6.07) is 36.3. The molecule has 0 spiro atoms. The molecule has 54 heavy (non-hydrogen) atoms. The van der Waals surface area contributed by atoms with Crippen molar-refractivity contribution < 1.29 is 0 Å². The van der Waals surface area contributed by atoms with Crippen LogP contribution >= 0.6 is 0 Å². The zero-order chi connectivity index (χ0) is 36.0. The van der Waals surface area contributed by atoms with Crippen molar-refractivity contribution in [1.82, 2.24) is 15.0 Å². The number of benzene rings is 4. The van der Waals surface area contributed by atoms with Crippen LogP contribution in [0.4, 0.5) is 0 Å². The Morgan fingerprint density at radius 2 is 0.741 bits per heavy atom. The average Bonchev–Trinajstić information content (AvgIpc) is 3.19. The first-order chi connectivity index (χ1) is 26.4. The second-order valence-electron chi connectivity index (χ2n) is 18.5. The fourth-order valence-electron chi connectivity index (χ4n) is 13.4. The van der Waals surface area contributed by atoms with E-state index in [4.69, 9.17) is 15.0 Å². The van der Waals surface area contributed by atoms with Crippen LogP contribution < -0.4 is 0 Å². The third kappa shape index (κ3) is 5.42. The van der Waals surface area contributed by atoms with Crippen molar-refractivity contribution in [3.8, 4) is 57.4 Å². The fraction of sp³-hybridized carbons (Fsp3) is 0.408. The largest absolute Gasteiger partial charge is 0.208 e. The summed E-state index contributed by atoms with van der Waals surface area (Å²) in [4.78, 5) is 15.4. The maximum atomic E-state index is 10.1. The Morgan fingerprint density at radius 3 is 1.13 bits per heavy atom. The van der Waals surface area contributed by atoms with Gasteiger partial charge in [-0.25, -0.2) is 15.0 Å². The van der Waals surface area contributed by atoms with Gasteiger partial charge in [0.05, 0.1) is 23.3 Å². The molecule has 8 aliphatic rings. The minimum atomic E-state index is 0.334. The fourth-order valence-corrected chi connectivity index (χ4v) is 13.4. The lowest BCUT2D eigenvalue weighted by Gasteiger charge is -2.57. The van der Waals surface area contributed by atoms with E-state index >= 15 is 0 Å². The summed E-state index contributed by atoms with van der Waals surface area (Å²) in [5.74, 6) is 7.26. The Kier molecular flexibility index (Phi) is 7.30. The van der Waals surface area contributed by atoms with Crippen LogP contribution in [0.2, 0.25) is 0 Å². The van der Waals surface area contributed by atoms with Crippen LogP contribution in [0.3, 0.4) is 0 Å². The van der Waals surface area contributed by atoms with Gasteiger partial charge in [-0.2, -0.15) is 10.5 Å². The van der Waals surface area contributed by atoms with E-state index in [0.717, 1.165) is 63.3 Å². The molecule has 0 radical (unpaired) electrons. The first-order valence-electron chi connectivity index (χ1n) is 20.5. The molecule has 5 heteroatoms. The molecule has 1 aromatic heterocycles. The smallest absolute Gasteiger partial charge is 0.164 e. The minimum Gasteiger partial charge on any atom is -0.208 e. The van der Waals surface area contributed by atoms with Gasteiger partial charge in [0.1, 0.15) is 0 Å². The van der Waals surface area contributed by atoms with Crippen molar-refractivity contribution in [2.45, 2.75) is 87.9 Å². The summed E-state index contributed by atoms with van der Waals surface area (Å²) in [6.07, 6.45) is 16.7. The highest BCUT2D eigenvalue weighted by atomic mass is 15.0. The lowest BCUT2D eigenvalue weighted by Crippen LogP contribution is -2.48. The van der Waals surface area contributed by atoms with Crippen molar-refractivity contribution in [1.29, 1.82) is 10.5 Å². The molecule has 0 atom stereocenters. The van der Waals surface area contributed by atoms with Crippen LogP contribution in [0.25, 0.3) is 45.3 Å². The molecule has 8 fully saturated rings. The molecule has 1 heterocycles. The monoisotopic (exact) mass is 703 g/mol. The van der Waals surface area contributed by atoms with E-state index < -0.39 is 0 Å². The van der Waals surface area contributed by atoms with Crippen molar-refractivity contribution in [3.63, 3.8) is 0 Å². The topological polar surface area (TPSA) is 86.2 Å². The van der Waals surface area contributed by atoms with Crippen molar-refractivity contribution in [2.24, 2.45) is 35.5 Å². The first-order valence-corrected chi connectivity index (χ1v) is 20.5. The molecule has 0 aliphatic heterocycles. The van der Waals surface area contributed by atoms with Crippen LogP contribution in [0.5, 0.6) is 0 Å². The number of hydrogen-bond donors (Lipinski definition) is 0. The molecule has 13 rings (SSSR count). The van der Waals surface area contributed by atoms with Crippen LogP contribution in [0, 0.1) is 58.2 Å². The lowest BCUT2D eigenvalue weighted by molar-refractivity contribution is -0.00530. The van der Waals surface area contributed by atoms with E-state index in [0.29, 0.717) is 39.4 Å². The number of nitrogens with zero attached hydrogens (tertiary/aromatic N) is 5. The predicted molar refractivity (Wildman–Crippen MR) is 211 cm³/mol. The molecule has 0 N–H and O–H groups in total. The molecule has 0 unspecified atom stereocenters. The Bertz CT molecular complexity index is 2180. The Morgan fingerprint density at radius 1 is 0.389 bits per heavy atom. The summed E-state index contributed by atoms with van der Waals surface area (Å²) >= 11 is 0. The zero-order valence-corrected chi connectivity index (χ0v) is 30.8. The van der Waals surface area contributed by atoms with E-state index in [2.05, 4.69) is 66.7 Å². The highest BCUT2D eigenvalue weighted by molar-refractivity contribution is 5.75. The molecule has 8 bridgehead atoms. The van der Waals surface area contributed by atoms with Crippen LogP contribution in [-0.2, 0) is 10.8 Å². The number of rotatable bonds is 6. The number of hydrogen-bond acceptors (Lipinski definition) is 5. The van der Waals surface area contributed by atoms with Gasteiger partial charge in [0.2, 0.25) is 0 Å². The molecule has 5 nitrogen and oxygen atoms in total. The molecule has 266 valence electrons. The van der Waals surface area contributed by atoms with Crippen molar-refractivity contribution >= 4 is 0 Å². The summed E-state index contributed by atoms with van der Waals surface area (Å²) in [7, 11) is 0. The quantitative estimate of drug-likeness (QED) is 0.176. The van der Waals surface area contributed by atoms with Gasteiger partial charge in [-0.05, 0) is 176 Å². The van der Waals surface area contributed by atoms with Gasteiger partial charge in [-0.15, -0.1) is 0 Å². The molecule has 8 aliphatic carbocycles. The summed E-state index contributed by atoms with van der Waals surface area (Å²) in [5, 5.41) is 19.5. The highest BCUT2D eigenvalue weighted by Crippen LogP contribution is 2.62. The van der Waals surface area contributed by atoms with Crippen LogP contribution in [-0.4, -0.2) is 15.0 Å². The zero-order valence-electron chi connectivity index (χ0n) is 30.8. The molecule has 0 saturated heterocycles. The maximum absolute atomic E-state index is 10.1. The summed E-state index contributed by atoms with van der Waals surface area (Å²) in [5.41, 5.74) is 9.36. The average molecular weight is 704 g/mol. The van der Waals surface area contributed by atoms with Crippen LogP contribution in [0.1, 0.15) is 99.3 Å². The van der Waals surface area contributed by atoms with E-state index in [1.165, 1.54) is 88.2 Å². The molecular formula is C49H45N5. The van der Waals surface area contributed by atoms with E-state index in [-0.39, 0.29) is 0 Å². The second-order valence-corrected chi connectivity index (χ2v) is 18.5. The normalized spacial score (nSPS) is 31.3. The third-order valence-corrected chi connectivity index (χ3v) is 14.9. The standard InChI is InChI=1S/C49H45N5/c50-28-30-1-3-38(4-2-30)41-19-37(29-51)20-42(21-41)47-53-45(39-5-9-43(10-6-39)48-22-31-13-32(23-48)15-33(14-31)24-48)52-46(54-47)40-7-11-44(12-8-40)49-25-34-16-35(26-49)18-36(17-34)27-49/h1-12,19-21,31-36H,13-18,22-27H2. The Hall–Kier alpha value is -5.13. The second kappa shape index (κ2) is 12.2. The Balaban J connectivity index is 0.989. The minimum absolute atomic E-state index is 0.334. The highest BCUT2D eigenvalue weighted by Gasteiger charge is 2.52. The SMILES string of the molecule is N#Cc1ccc(-c2cc(C#N)cc(-c3nc(-c4ccc(C56CC7CC(CC(C7)C5)C6)cc4)nc(-c4ccc(C56CC7CC(CC(C7)C5)C6)cc4)n3)c2)cc1. The van der Waals surface area contributed by atoms with Crippen molar-refractivity contribution in [3.05, 3.63) is 113 Å². The molecule has 8 saturated carbocycles. The van der Waals surface area contributed by atoms with E-state index in [9.17, 15) is 10.5 Å². The Labute approximate surface area is 318 Å². The van der Waals surface area contributed by atoms with Crippen LogP contribution in [0.15, 0.2) is 91.0 Å². The predicted octanol–water partition coefficient (Wildman–Crippen LogP) is 11.2. The molecule has 4 aromatic carbocycles. The van der Waals surface area contributed by atoms with Gasteiger partial charge in [0.25, 0.3) is 0 Å². The first kappa shape index (κ1) is 32.3. The van der Waals surface area contributed by atoms with E-state index in [1.54, 1.807) is 0 Å². The van der Waals surface area contributed by atoms with Gasteiger partial charge in [0.15, 0.2) is 17.5 Å². The molecule has 0 amide bonds. The maximum Gasteiger partial charge on any atom is 0.164 e. The molecular weight excluding hydrogens is 659 g/mol. The summed E-state index contributed by atoms with van der Waals surface area (Å²) < 4.78 is 0. The third-order valence-electron chi connectivity index (χ3n) is 14.9. The van der Waals surface area contributed by atoms with Gasteiger partial charge >= 0.3 is 0 Å². The van der Waals surface area contributed by atoms with Gasteiger partial charge in [-0.1, -0.05) is 60.7 Å². The van der Waals surface area contributed by atoms with Gasteiger partial charge in [0, 0.05) is 16.7 Å². The van der Waals surface area contributed by atoms with Gasteiger partial charge < -0.3 is 0 Å². The lowest BCUT2D eigenvalue weighted by atomic mass is 9.48. The number of nitriles is 2.